The number of aliphatic hydroxyl groups is 1. The zero-order chi connectivity index (χ0) is 6.20. The van der Waals surface area contributed by atoms with E-state index in [2.05, 4.69) is 5.32 Å². The first-order valence-electron chi connectivity index (χ1n) is 2.39. The smallest absolute Gasteiger partial charge is 0.286 e. The molecule has 2 N–H and O–H groups in total. The molecule has 0 bridgehead atoms. The highest BCUT2D eigenvalue weighted by Gasteiger charge is 2.42. The highest BCUT2D eigenvalue weighted by molar-refractivity contribution is 5.85. The third-order valence-electron chi connectivity index (χ3n) is 1.19. The van der Waals surface area contributed by atoms with E-state index in [4.69, 9.17) is 5.11 Å². The zero-order valence-electron chi connectivity index (χ0n) is 4.60. The molecule has 1 aliphatic heterocycles. The van der Waals surface area contributed by atoms with Crippen LogP contribution >= 0.6 is 12.4 Å². The van der Waals surface area contributed by atoms with Gasteiger partial charge in [-0.25, -0.2) is 8.78 Å². The molecule has 0 radical (unpaired) electrons. The van der Waals surface area contributed by atoms with Crippen molar-refractivity contribution < 1.29 is 13.9 Å². The molecule has 1 saturated heterocycles. The molecule has 0 saturated carbocycles. The number of aliphatic hydroxyl groups excluding tert-OH is 1. The Hall–Kier alpha value is 0.0700. The molecule has 9 heavy (non-hydrogen) atoms. The summed E-state index contributed by atoms with van der Waals surface area (Å²) < 4.78 is 24.1. The van der Waals surface area contributed by atoms with Crippen molar-refractivity contribution >= 4 is 12.4 Å². The summed E-state index contributed by atoms with van der Waals surface area (Å²) in [7, 11) is 0. The average Bonchev–Trinajstić information content (AvgIpc) is 1.86. The van der Waals surface area contributed by atoms with Crippen LogP contribution in [0.5, 0.6) is 0 Å². The van der Waals surface area contributed by atoms with Gasteiger partial charge in [-0.3, -0.25) is 0 Å². The molecule has 5 heteroatoms. The standard InChI is InChI=1S/C4H7F2NO.ClH/c5-4(6)2-7-1-3(4)8;/h3,7-8H,1-2H2;1H/t3-;/m1./s1. The second-order valence-corrected chi connectivity index (χ2v) is 1.91. The van der Waals surface area contributed by atoms with E-state index in [0.29, 0.717) is 0 Å². The van der Waals surface area contributed by atoms with Gasteiger partial charge in [0, 0.05) is 6.54 Å². The first-order chi connectivity index (χ1) is 3.63. The first-order valence-corrected chi connectivity index (χ1v) is 2.39. The van der Waals surface area contributed by atoms with E-state index >= 15 is 0 Å². The summed E-state index contributed by atoms with van der Waals surface area (Å²) >= 11 is 0. The summed E-state index contributed by atoms with van der Waals surface area (Å²) in [4.78, 5) is 0. The molecular formula is C4H8ClF2NO. The normalized spacial score (nSPS) is 31.7. The van der Waals surface area contributed by atoms with Gasteiger partial charge < -0.3 is 10.4 Å². The number of β-amino-alcohol motifs (C(OH)–C–C–N with tert-alkyl or cyclic N) is 1. The molecule has 0 spiro atoms. The molecule has 0 aromatic heterocycles. The third kappa shape index (κ3) is 1.74. The summed E-state index contributed by atoms with van der Waals surface area (Å²) in [6.45, 7) is -0.388. The number of alkyl halides is 2. The summed E-state index contributed by atoms with van der Waals surface area (Å²) in [6.07, 6.45) is -1.48. The van der Waals surface area contributed by atoms with Crippen molar-refractivity contribution in [3.8, 4) is 0 Å². The Morgan fingerprint density at radius 2 is 2.11 bits per heavy atom. The van der Waals surface area contributed by atoms with Gasteiger partial charge in [-0.1, -0.05) is 0 Å². The van der Waals surface area contributed by atoms with Crippen molar-refractivity contribution in [3.05, 3.63) is 0 Å². The minimum Gasteiger partial charge on any atom is -0.385 e. The van der Waals surface area contributed by atoms with E-state index in [0.717, 1.165) is 0 Å². The Balaban J connectivity index is 0.000000640. The summed E-state index contributed by atoms with van der Waals surface area (Å²) in [5.41, 5.74) is 0. The molecule has 1 fully saturated rings. The molecule has 0 amide bonds. The van der Waals surface area contributed by atoms with Crippen LogP contribution in [0.2, 0.25) is 0 Å². The van der Waals surface area contributed by atoms with Gasteiger partial charge in [0.15, 0.2) is 0 Å². The largest absolute Gasteiger partial charge is 0.385 e. The fourth-order valence-electron chi connectivity index (χ4n) is 0.643. The van der Waals surface area contributed by atoms with Gasteiger partial charge >= 0.3 is 0 Å². The van der Waals surface area contributed by atoms with Crippen LogP contribution in [0.25, 0.3) is 0 Å². The lowest BCUT2D eigenvalue weighted by molar-refractivity contribution is -0.0714. The fourth-order valence-corrected chi connectivity index (χ4v) is 0.643. The van der Waals surface area contributed by atoms with E-state index in [1.807, 2.05) is 0 Å². The van der Waals surface area contributed by atoms with Crippen molar-refractivity contribution in [3.63, 3.8) is 0 Å². The van der Waals surface area contributed by atoms with Crippen LogP contribution in [-0.4, -0.2) is 30.2 Å². The van der Waals surface area contributed by atoms with E-state index in [1.54, 1.807) is 0 Å². The van der Waals surface area contributed by atoms with Crippen LogP contribution in [0.1, 0.15) is 0 Å². The topological polar surface area (TPSA) is 32.3 Å². The predicted octanol–water partition coefficient (Wildman–Crippen LogP) is 0.00760. The minimum atomic E-state index is -2.90. The molecule has 1 aliphatic rings. The summed E-state index contributed by atoms with van der Waals surface area (Å²) in [5.74, 6) is -2.90. The molecule has 0 aliphatic carbocycles. The molecule has 0 aromatic carbocycles. The molecule has 2 nitrogen and oxygen atoms in total. The maximum absolute atomic E-state index is 12.0. The average molecular weight is 160 g/mol. The van der Waals surface area contributed by atoms with Gasteiger partial charge in [-0.05, 0) is 0 Å². The maximum atomic E-state index is 12.0. The number of nitrogens with one attached hydrogen (secondary N) is 1. The van der Waals surface area contributed by atoms with E-state index in [9.17, 15) is 8.78 Å². The number of hydrogen-bond acceptors (Lipinski definition) is 2. The van der Waals surface area contributed by atoms with Crippen LogP contribution in [0.3, 0.4) is 0 Å². The molecule has 56 valence electrons. The number of halogens is 3. The van der Waals surface area contributed by atoms with Crippen molar-refractivity contribution in [2.24, 2.45) is 0 Å². The Kier molecular flexibility index (Phi) is 2.79. The second-order valence-electron chi connectivity index (χ2n) is 1.91. The van der Waals surface area contributed by atoms with Crippen molar-refractivity contribution in [2.45, 2.75) is 12.0 Å². The van der Waals surface area contributed by atoms with Crippen LogP contribution in [-0.2, 0) is 0 Å². The highest BCUT2D eigenvalue weighted by Crippen LogP contribution is 2.20. The van der Waals surface area contributed by atoms with Gasteiger partial charge in [0.05, 0.1) is 6.54 Å². The SMILES string of the molecule is Cl.O[C@@H]1CNCC1(F)F. The Morgan fingerprint density at radius 1 is 1.56 bits per heavy atom. The lowest BCUT2D eigenvalue weighted by Gasteiger charge is -2.09. The summed E-state index contributed by atoms with van der Waals surface area (Å²) in [6, 6.07) is 0. The quantitative estimate of drug-likeness (QED) is 0.522. The lowest BCUT2D eigenvalue weighted by Crippen LogP contribution is -2.30. The Bertz CT molecular complexity index is 101. The van der Waals surface area contributed by atoms with Gasteiger partial charge in [0.25, 0.3) is 5.92 Å². The fraction of sp³-hybridized carbons (Fsp3) is 1.00. The molecule has 1 rings (SSSR count). The van der Waals surface area contributed by atoms with Crippen LogP contribution in [0, 0.1) is 0 Å². The third-order valence-corrected chi connectivity index (χ3v) is 1.19. The van der Waals surface area contributed by atoms with Crippen molar-refractivity contribution in [2.75, 3.05) is 13.1 Å². The van der Waals surface area contributed by atoms with Crippen LogP contribution in [0.15, 0.2) is 0 Å². The van der Waals surface area contributed by atoms with Crippen LogP contribution < -0.4 is 5.32 Å². The second kappa shape index (κ2) is 2.77. The van der Waals surface area contributed by atoms with Gasteiger partial charge in [0.2, 0.25) is 0 Å². The van der Waals surface area contributed by atoms with E-state index in [-0.39, 0.29) is 19.0 Å². The van der Waals surface area contributed by atoms with E-state index in [1.165, 1.54) is 0 Å². The molecular weight excluding hydrogens is 151 g/mol. The summed E-state index contributed by atoms with van der Waals surface area (Å²) in [5, 5.41) is 10.8. The highest BCUT2D eigenvalue weighted by atomic mass is 35.5. The Morgan fingerprint density at radius 3 is 2.22 bits per heavy atom. The van der Waals surface area contributed by atoms with Crippen LogP contribution in [0.4, 0.5) is 8.78 Å². The monoisotopic (exact) mass is 159 g/mol. The molecule has 0 aromatic rings. The van der Waals surface area contributed by atoms with Gasteiger partial charge in [-0.2, -0.15) is 0 Å². The number of rotatable bonds is 0. The molecule has 1 atom stereocenters. The van der Waals surface area contributed by atoms with Gasteiger partial charge in [-0.15, -0.1) is 12.4 Å². The van der Waals surface area contributed by atoms with E-state index < -0.39 is 18.6 Å². The molecule has 1 heterocycles. The van der Waals surface area contributed by atoms with Gasteiger partial charge in [0.1, 0.15) is 6.10 Å². The minimum absolute atomic E-state index is 0. The Labute approximate surface area is 57.7 Å². The zero-order valence-corrected chi connectivity index (χ0v) is 5.42. The predicted molar refractivity (Wildman–Crippen MR) is 31.1 cm³/mol. The first kappa shape index (κ1) is 9.07. The molecule has 0 unspecified atom stereocenters. The lowest BCUT2D eigenvalue weighted by atomic mass is 10.2. The van der Waals surface area contributed by atoms with Crippen molar-refractivity contribution in [1.82, 2.24) is 5.32 Å². The van der Waals surface area contributed by atoms with Crippen molar-refractivity contribution in [1.29, 1.82) is 0 Å². The maximum Gasteiger partial charge on any atom is 0.286 e. The number of hydrogen-bond donors (Lipinski definition) is 2.